The zero-order chi connectivity index (χ0) is 11.5. The third-order valence-corrected chi connectivity index (χ3v) is 4.25. The van der Waals surface area contributed by atoms with Crippen LogP contribution in [0, 0.1) is 0 Å². The molecule has 2 fully saturated rings. The molecule has 2 rings (SSSR count). The summed E-state index contributed by atoms with van der Waals surface area (Å²) in [5.41, 5.74) is 0. The molecule has 2 atom stereocenters. The molecule has 0 aromatic rings. The largest absolute Gasteiger partial charge is 0.302 e. The monoisotopic (exact) mass is 224 g/mol. The summed E-state index contributed by atoms with van der Waals surface area (Å²) in [5.74, 6) is 0.461. The minimum atomic E-state index is 0.461. The number of ketones is 1. The number of nitrogens with zero attached hydrogens (tertiary/aromatic N) is 2. The Morgan fingerprint density at radius 1 is 1.38 bits per heavy atom. The molecule has 1 aliphatic carbocycles. The summed E-state index contributed by atoms with van der Waals surface area (Å²) in [4.78, 5) is 16.3. The van der Waals surface area contributed by atoms with Crippen LogP contribution >= 0.6 is 0 Å². The SMILES string of the molecule is CN1CCCC1CN(C)C1CCCC(=O)C1. The zero-order valence-electron chi connectivity index (χ0n) is 10.6. The molecule has 0 bridgehead atoms. The predicted molar refractivity (Wildman–Crippen MR) is 65.5 cm³/mol. The Hall–Kier alpha value is -0.410. The first-order valence-electron chi connectivity index (χ1n) is 6.59. The molecule has 3 heteroatoms. The molecule has 0 spiro atoms. The quantitative estimate of drug-likeness (QED) is 0.726. The van der Waals surface area contributed by atoms with E-state index >= 15 is 0 Å². The number of rotatable bonds is 3. The van der Waals surface area contributed by atoms with Crippen molar-refractivity contribution in [3.8, 4) is 0 Å². The lowest BCUT2D eigenvalue weighted by molar-refractivity contribution is -0.121. The Balaban J connectivity index is 1.82. The summed E-state index contributed by atoms with van der Waals surface area (Å²) >= 11 is 0. The van der Waals surface area contributed by atoms with Gasteiger partial charge in [-0.3, -0.25) is 4.79 Å². The van der Waals surface area contributed by atoms with Crippen LogP contribution in [-0.2, 0) is 4.79 Å². The molecular formula is C13H24N2O. The van der Waals surface area contributed by atoms with E-state index in [1.807, 2.05) is 0 Å². The van der Waals surface area contributed by atoms with E-state index in [9.17, 15) is 4.79 Å². The summed E-state index contributed by atoms with van der Waals surface area (Å²) in [6.45, 7) is 2.37. The highest BCUT2D eigenvalue weighted by molar-refractivity contribution is 5.79. The van der Waals surface area contributed by atoms with Crippen molar-refractivity contribution in [2.75, 3.05) is 27.2 Å². The van der Waals surface area contributed by atoms with Crippen LogP contribution in [0.4, 0.5) is 0 Å². The first-order chi connectivity index (χ1) is 7.66. The summed E-state index contributed by atoms with van der Waals surface area (Å²) < 4.78 is 0. The second kappa shape index (κ2) is 5.28. The standard InChI is InChI=1S/C13H24N2O/c1-14-8-4-6-12(14)10-15(2)11-5-3-7-13(16)9-11/h11-12H,3-10H2,1-2H3. The number of hydrogen-bond donors (Lipinski definition) is 0. The van der Waals surface area contributed by atoms with Gasteiger partial charge in [0.15, 0.2) is 0 Å². The Bertz CT molecular complexity index is 254. The molecule has 2 aliphatic rings. The molecule has 1 saturated heterocycles. The van der Waals surface area contributed by atoms with Crippen molar-refractivity contribution in [3.63, 3.8) is 0 Å². The van der Waals surface area contributed by atoms with Gasteiger partial charge in [-0.15, -0.1) is 0 Å². The van der Waals surface area contributed by atoms with E-state index < -0.39 is 0 Å². The lowest BCUT2D eigenvalue weighted by Gasteiger charge is -2.33. The van der Waals surface area contributed by atoms with Crippen LogP contribution in [0.2, 0.25) is 0 Å². The van der Waals surface area contributed by atoms with E-state index in [1.165, 1.54) is 25.8 Å². The van der Waals surface area contributed by atoms with Crippen molar-refractivity contribution in [2.45, 2.75) is 50.6 Å². The molecule has 16 heavy (non-hydrogen) atoms. The second-order valence-corrected chi connectivity index (χ2v) is 5.51. The van der Waals surface area contributed by atoms with E-state index in [2.05, 4.69) is 23.9 Å². The van der Waals surface area contributed by atoms with Gasteiger partial charge in [-0.1, -0.05) is 0 Å². The normalized spacial score (nSPS) is 32.6. The van der Waals surface area contributed by atoms with Crippen molar-refractivity contribution in [2.24, 2.45) is 0 Å². The van der Waals surface area contributed by atoms with Crippen molar-refractivity contribution in [1.29, 1.82) is 0 Å². The average Bonchev–Trinajstić information content (AvgIpc) is 2.64. The van der Waals surface area contributed by atoms with Gasteiger partial charge >= 0.3 is 0 Å². The summed E-state index contributed by atoms with van der Waals surface area (Å²) in [6.07, 6.45) is 6.55. The third kappa shape index (κ3) is 2.83. The van der Waals surface area contributed by atoms with Crippen LogP contribution in [0.25, 0.3) is 0 Å². The fourth-order valence-corrected chi connectivity index (χ4v) is 3.07. The highest BCUT2D eigenvalue weighted by atomic mass is 16.1. The number of carbonyl (C=O) groups is 1. The van der Waals surface area contributed by atoms with Gasteiger partial charge in [0.05, 0.1) is 0 Å². The molecule has 3 nitrogen and oxygen atoms in total. The molecule has 0 radical (unpaired) electrons. The maximum absolute atomic E-state index is 11.4. The summed E-state index contributed by atoms with van der Waals surface area (Å²) in [5, 5.41) is 0. The molecule has 92 valence electrons. The molecule has 0 amide bonds. The van der Waals surface area contributed by atoms with Crippen LogP contribution in [0.1, 0.15) is 38.5 Å². The minimum Gasteiger partial charge on any atom is -0.302 e. The summed E-state index contributed by atoms with van der Waals surface area (Å²) in [6, 6.07) is 1.22. The molecule has 1 heterocycles. The van der Waals surface area contributed by atoms with Gasteiger partial charge in [0.25, 0.3) is 0 Å². The maximum Gasteiger partial charge on any atom is 0.134 e. The van der Waals surface area contributed by atoms with Crippen molar-refractivity contribution >= 4 is 5.78 Å². The van der Waals surface area contributed by atoms with Gasteiger partial charge in [-0.05, 0) is 46.3 Å². The Morgan fingerprint density at radius 2 is 2.19 bits per heavy atom. The molecule has 1 saturated carbocycles. The lowest BCUT2D eigenvalue weighted by atomic mass is 9.93. The number of likely N-dealkylation sites (N-methyl/N-ethyl adjacent to an activating group) is 2. The van der Waals surface area contributed by atoms with Gasteiger partial charge in [-0.25, -0.2) is 0 Å². The second-order valence-electron chi connectivity index (χ2n) is 5.51. The third-order valence-electron chi connectivity index (χ3n) is 4.25. The Labute approximate surface area is 98.8 Å². The van der Waals surface area contributed by atoms with Crippen LogP contribution in [-0.4, -0.2) is 54.9 Å². The van der Waals surface area contributed by atoms with Gasteiger partial charge in [0.2, 0.25) is 0 Å². The Kier molecular flexibility index (Phi) is 3.98. The minimum absolute atomic E-state index is 0.461. The van der Waals surface area contributed by atoms with E-state index in [0.717, 1.165) is 25.8 Å². The van der Waals surface area contributed by atoms with Crippen LogP contribution in [0.5, 0.6) is 0 Å². The fraction of sp³-hybridized carbons (Fsp3) is 0.923. The average molecular weight is 224 g/mol. The predicted octanol–water partition coefficient (Wildman–Crippen LogP) is 1.52. The van der Waals surface area contributed by atoms with Crippen molar-refractivity contribution in [3.05, 3.63) is 0 Å². The first-order valence-corrected chi connectivity index (χ1v) is 6.59. The zero-order valence-corrected chi connectivity index (χ0v) is 10.6. The van der Waals surface area contributed by atoms with E-state index in [1.54, 1.807) is 0 Å². The molecule has 0 aromatic heterocycles. The number of carbonyl (C=O) groups excluding carboxylic acids is 1. The highest BCUT2D eigenvalue weighted by Crippen LogP contribution is 2.22. The number of likely N-dealkylation sites (tertiary alicyclic amines) is 1. The first kappa shape index (κ1) is 12.1. The fourth-order valence-electron chi connectivity index (χ4n) is 3.07. The van der Waals surface area contributed by atoms with Crippen LogP contribution < -0.4 is 0 Å². The van der Waals surface area contributed by atoms with Gasteiger partial charge < -0.3 is 9.80 Å². The molecule has 0 aromatic carbocycles. The molecule has 0 N–H and O–H groups in total. The van der Waals surface area contributed by atoms with Gasteiger partial charge in [0.1, 0.15) is 5.78 Å². The summed E-state index contributed by atoms with van der Waals surface area (Å²) in [7, 11) is 4.41. The molecule has 2 unspecified atom stereocenters. The van der Waals surface area contributed by atoms with Gasteiger partial charge in [-0.2, -0.15) is 0 Å². The topological polar surface area (TPSA) is 23.6 Å². The van der Waals surface area contributed by atoms with Crippen molar-refractivity contribution < 1.29 is 4.79 Å². The van der Waals surface area contributed by atoms with Crippen LogP contribution in [0.3, 0.4) is 0 Å². The number of Topliss-reactive ketones (excluding diaryl/α,β-unsaturated/α-hetero) is 1. The van der Waals surface area contributed by atoms with Crippen molar-refractivity contribution in [1.82, 2.24) is 9.80 Å². The number of hydrogen-bond acceptors (Lipinski definition) is 3. The smallest absolute Gasteiger partial charge is 0.134 e. The van der Waals surface area contributed by atoms with Crippen LogP contribution in [0.15, 0.2) is 0 Å². The van der Waals surface area contributed by atoms with E-state index in [0.29, 0.717) is 17.9 Å². The Morgan fingerprint density at radius 3 is 2.81 bits per heavy atom. The molecule has 1 aliphatic heterocycles. The van der Waals surface area contributed by atoms with E-state index in [4.69, 9.17) is 0 Å². The van der Waals surface area contributed by atoms with Gasteiger partial charge in [0, 0.05) is 31.5 Å². The highest BCUT2D eigenvalue weighted by Gasteiger charge is 2.27. The van der Waals surface area contributed by atoms with E-state index in [-0.39, 0.29) is 0 Å². The molecular weight excluding hydrogens is 200 g/mol. The maximum atomic E-state index is 11.4. The lowest BCUT2D eigenvalue weighted by Crippen LogP contribution is -2.43.